The number of rotatable bonds is 4. The Labute approximate surface area is 115 Å². The molecule has 0 fully saturated rings. The Morgan fingerprint density at radius 1 is 1.10 bits per heavy atom. The predicted octanol–water partition coefficient (Wildman–Crippen LogP) is 3.20. The standard InChI is InChI=1S/C15H11NO4/c17-13-8-4-7-12(16(19)20)15(13)14(18)10-9-11-5-2-1-3-6-11/h1-10,17H. The molecule has 0 saturated heterocycles. The minimum absolute atomic E-state index is 0.301. The molecule has 0 aliphatic carbocycles. The highest BCUT2D eigenvalue weighted by atomic mass is 16.6. The van der Waals surface area contributed by atoms with Gasteiger partial charge in [0.25, 0.3) is 5.69 Å². The number of carbonyl (C=O) groups excluding carboxylic acids is 1. The number of nitro benzene ring substituents is 1. The zero-order valence-corrected chi connectivity index (χ0v) is 10.4. The molecule has 100 valence electrons. The van der Waals surface area contributed by atoms with Crippen LogP contribution in [0.15, 0.2) is 54.6 Å². The number of hydrogen-bond acceptors (Lipinski definition) is 4. The molecule has 0 aromatic heterocycles. The van der Waals surface area contributed by atoms with Gasteiger partial charge in [-0.05, 0) is 17.7 Å². The molecule has 0 heterocycles. The van der Waals surface area contributed by atoms with Crippen molar-refractivity contribution in [2.45, 2.75) is 0 Å². The zero-order valence-electron chi connectivity index (χ0n) is 10.4. The Balaban J connectivity index is 2.35. The molecule has 0 saturated carbocycles. The third-order valence-electron chi connectivity index (χ3n) is 2.69. The molecule has 0 bridgehead atoms. The molecule has 0 amide bonds. The smallest absolute Gasteiger partial charge is 0.284 e. The molecule has 0 spiro atoms. The third kappa shape index (κ3) is 2.89. The van der Waals surface area contributed by atoms with Crippen LogP contribution in [0, 0.1) is 10.1 Å². The van der Waals surface area contributed by atoms with Crippen molar-refractivity contribution < 1.29 is 14.8 Å². The number of hydrogen-bond donors (Lipinski definition) is 1. The van der Waals surface area contributed by atoms with Crippen molar-refractivity contribution in [1.29, 1.82) is 0 Å². The summed E-state index contributed by atoms with van der Waals surface area (Å²) in [4.78, 5) is 22.2. The molecule has 2 aromatic rings. The zero-order chi connectivity index (χ0) is 14.5. The fourth-order valence-electron chi connectivity index (χ4n) is 1.75. The van der Waals surface area contributed by atoms with E-state index in [-0.39, 0.29) is 5.56 Å². The van der Waals surface area contributed by atoms with Crippen LogP contribution < -0.4 is 0 Å². The minimum atomic E-state index is -0.691. The second-order valence-corrected chi connectivity index (χ2v) is 4.04. The van der Waals surface area contributed by atoms with Gasteiger partial charge in [-0.25, -0.2) is 0 Å². The number of phenolic OH excluding ortho intramolecular Hbond substituents is 1. The maximum Gasteiger partial charge on any atom is 0.284 e. The normalized spacial score (nSPS) is 10.6. The predicted molar refractivity (Wildman–Crippen MR) is 74.6 cm³/mol. The van der Waals surface area contributed by atoms with Crippen LogP contribution in [0.2, 0.25) is 0 Å². The van der Waals surface area contributed by atoms with Crippen molar-refractivity contribution in [2.24, 2.45) is 0 Å². The molecule has 2 aromatic carbocycles. The van der Waals surface area contributed by atoms with E-state index >= 15 is 0 Å². The van der Waals surface area contributed by atoms with Gasteiger partial charge in [-0.3, -0.25) is 14.9 Å². The lowest BCUT2D eigenvalue weighted by atomic mass is 10.1. The van der Waals surface area contributed by atoms with E-state index in [2.05, 4.69) is 0 Å². The van der Waals surface area contributed by atoms with Gasteiger partial charge in [0.05, 0.1) is 4.92 Å². The number of aromatic hydroxyl groups is 1. The quantitative estimate of drug-likeness (QED) is 0.400. The summed E-state index contributed by atoms with van der Waals surface area (Å²) in [5.74, 6) is -1.01. The van der Waals surface area contributed by atoms with Crippen LogP contribution in [-0.4, -0.2) is 15.8 Å². The third-order valence-corrected chi connectivity index (χ3v) is 2.69. The topological polar surface area (TPSA) is 80.4 Å². The maximum atomic E-state index is 12.0. The van der Waals surface area contributed by atoms with Crippen LogP contribution in [-0.2, 0) is 0 Å². The number of allylic oxidation sites excluding steroid dienone is 1. The number of phenols is 1. The Bertz CT molecular complexity index is 678. The largest absolute Gasteiger partial charge is 0.507 e. The summed E-state index contributed by atoms with van der Waals surface area (Å²) in [5.41, 5.74) is 0.0799. The second kappa shape index (κ2) is 5.79. The molecule has 1 N–H and O–H groups in total. The van der Waals surface area contributed by atoms with E-state index in [1.165, 1.54) is 24.3 Å². The molecule has 2 rings (SSSR count). The molecule has 5 nitrogen and oxygen atoms in total. The second-order valence-electron chi connectivity index (χ2n) is 4.04. The van der Waals surface area contributed by atoms with Gasteiger partial charge >= 0.3 is 0 Å². The molecule has 5 heteroatoms. The first-order chi connectivity index (χ1) is 9.59. The number of nitro groups is 1. The Hall–Kier alpha value is -2.95. The van der Waals surface area contributed by atoms with Crippen LogP contribution in [0.4, 0.5) is 5.69 Å². The van der Waals surface area contributed by atoms with Gasteiger partial charge in [-0.1, -0.05) is 42.5 Å². The van der Waals surface area contributed by atoms with Gasteiger partial charge in [-0.2, -0.15) is 0 Å². The fraction of sp³-hybridized carbons (Fsp3) is 0. The highest BCUT2D eigenvalue weighted by Gasteiger charge is 2.21. The van der Waals surface area contributed by atoms with E-state index in [0.717, 1.165) is 5.56 Å². The van der Waals surface area contributed by atoms with Crippen molar-refractivity contribution in [3.8, 4) is 5.75 Å². The summed E-state index contributed by atoms with van der Waals surface area (Å²) in [5, 5.41) is 20.5. The molecule has 20 heavy (non-hydrogen) atoms. The van der Waals surface area contributed by atoms with E-state index in [1.807, 2.05) is 18.2 Å². The van der Waals surface area contributed by atoms with Crippen LogP contribution >= 0.6 is 0 Å². The summed E-state index contributed by atoms with van der Waals surface area (Å²) in [6.07, 6.45) is 2.75. The fourth-order valence-corrected chi connectivity index (χ4v) is 1.75. The first-order valence-corrected chi connectivity index (χ1v) is 5.83. The molecule has 0 radical (unpaired) electrons. The van der Waals surface area contributed by atoms with Gasteiger partial charge < -0.3 is 5.11 Å². The number of benzene rings is 2. The minimum Gasteiger partial charge on any atom is -0.507 e. The van der Waals surface area contributed by atoms with Crippen molar-refractivity contribution >= 4 is 17.5 Å². The van der Waals surface area contributed by atoms with E-state index in [1.54, 1.807) is 18.2 Å². The SMILES string of the molecule is O=C(C=Cc1ccccc1)c1c(O)cccc1[N+](=O)[O-]. The van der Waals surface area contributed by atoms with Crippen LogP contribution in [0.25, 0.3) is 6.08 Å². The Morgan fingerprint density at radius 2 is 1.80 bits per heavy atom. The summed E-state index contributed by atoms with van der Waals surface area (Å²) < 4.78 is 0. The molecular weight excluding hydrogens is 258 g/mol. The van der Waals surface area contributed by atoms with E-state index < -0.39 is 22.1 Å². The van der Waals surface area contributed by atoms with Gasteiger partial charge in [0, 0.05) is 6.07 Å². The molecule has 0 aliphatic rings. The van der Waals surface area contributed by atoms with Crippen molar-refractivity contribution in [2.75, 3.05) is 0 Å². The van der Waals surface area contributed by atoms with Crippen molar-refractivity contribution in [3.63, 3.8) is 0 Å². The lowest BCUT2D eigenvalue weighted by Gasteiger charge is -2.01. The average Bonchev–Trinajstić information content (AvgIpc) is 2.45. The molecular formula is C15H11NO4. The summed E-state index contributed by atoms with van der Waals surface area (Å²) in [6, 6.07) is 12.8. The number of carbonyl (C=O) groups is 1. The van der Waals surface area contributed by atoms with E-state index in [0.29, 0.717) is 0 Å². The van der Waals surface area contributed by atoms with Crippen LogP contribution in [0.5, 0.6) is 5.75 Å². The number of ketones is 1. The monoisotopic (exact) mass is 269 g/mol. The molecule has 0 atom stereocenters. The maximum absolute atomic E-state index is 12.0. The average molecular weight is 269 g/mol. The van der Waals surface area contributed by atoms with E-state index in [4.69, 9.17) is 0 Å². The van der Waals surface area contributed by atoms with Crippen molar-refractivity contribution in [1.82, 2.24) is 0 Å². The Kier molecular flexibility index (Phi) is 3.91. The van der Waals surface area contributed by atoms with Crippen LogP contribution in [0.1, 0.15) is 15.9 Å². The highest BCUT2D eigenvalue weighted by molar-refractivity contribution is 6.11. The lowest BCUT2D eigenvalue weighted by Crippen LogP contribution is -2.01. The Morgan fingerprint density at radius 3 is 2.45 bits per heavy atom. The molecule has 0 aliphatic heterocycles. The van der Waals surface area contributed by atoms with Gasteiger partial charge in [0.1, 0.15) is 11.3 Å². The first-order valence-electron chi connectivity index (χ1n) is 5.83. The summed E-state index contributed by atoms with van der Waals surface area (Å²) >= 11 is 0. The van der Waals surface area contributed by atoms with Gasteiger partial charge in [0.2, 0.25) is 0 Å². The van der Waals surface area contributed by atoms with Gasteiger partial charge in [-0.15, -0.1) is 0 Å². The van der Waals surface area contributed by atoms with E-state index in [9.17, 15) is 20.0 Å². The summed E-state index contributed by atoms with van der Waals surface area (Å²) in [6.45, 7) is 0. The highest BCUT2D eigenvalue weighted by Crippen LogP contribution is 2.28. The van der Waals surface area contributed by atoms with Crippen molar-refractivity contribution in [3.05, 3.63) is 75.8 Å². The number of nitrogens with zero attached hydrogens (tertiary/aromatic N) is 1. The van der Waals surface area contributed by atoms with Crippen LogP contribution in [0.3, 0.4) is 0 Å². The summed E-state index contributed by atoms with van der Waals surface area (Å²) in [7, 11) is 0. The lowest BCUT2D eigenvalue weighted by molar-refractivity contribution is -0.385. The first kappa shape index (κ1) is 13.5. The van der Waals surface area contributed by atoms with Gasteiger partial charge in [0.15, 0.2) is 5.78 Å². The molecule has 0 unspecified atom stereocenters.